The van der Waals surface area contributed by atoms with Crippen molar-refractivity contribution < 1.29 is 23.6 Å². The van der Waals surface area contributed by atoms with E-state index in [1.807, 2.05) is 26.0 Å². The molecule has 3 rings (SSSR count). The van der Waals surface area contributed by atoms with Gasteiger partial charge in [0, 0.05) is 31.1 Å². The molecule has 8 heteroatoms. The molecule has 0 saturated carbocycles. The average molecular weight is 444 g/mol. The molecule has 1 saturated heterocycles. The molecular weight excluding hydrogens is 413 g/mol. The van der Waals surface area contributed by atoms with Gasteiger partial charge in [0.2, 0.25) is 23.6 Å². The molecule has 7 nitrogen and oxygen atoms in total. The van der Waals surface area contributed by atoms with Crippen molar-refractivity contribution in [2.75, 3.05) is 6.54 Å². The monoisotopic (exact) mass is 443 g/mol. The first kappa shape index (κ1) is 23.6. The van der Waals surface area contributed by atoms with Crippen LogP contribution < -0.4 is 5.32 Å². The normalized spacial score (nSPS) is 21.0. The second-order valence-corrected chi connectivity index (χ2v) is 8.69. The molecule has 1 fully saturated rings. The maximum atomic E-state index is 14.3. The van der Waals surface area contributed by atoms with Gasteiger partial charge in [0.1, 0.15) is 11.9 Å². The SMILES string of the molecule is CC(C)NC(=O)[C@H](C)N(Cc1ccccc1F)C(=O)CCN1C(=O)[C@H]2CC=CC[C@H]2C1=O. The van der Waals surface area contributed by atoms with E-state index in [4.69, 9.17) is 0 Å². The highest BCUT2D eigenvalue weighted by molar-refractivity contribution is 6.05. The van der Waals surface area contributed by atoms with Gasteiger partial charge in [-0.3, -0.25) is 24.1 Å². The molecule has 0 unspecified atom stereocenters. The lowest BCUT2D eigenvalue weighted by Gasteiger charge is -2.30. The fourth-order valence-corrected chi connectivity index (χ4v) is 4.24. The quantitative estimate of drug-likeness (QED) is 0.494. The number of halogens is 1. The molecular formula is C24H30FN3O4. The van der Waals surface area contributed by atoms with E-state index in [0.29, 0.717) is 12.8 Å². The van der Waals surface area contributed by atoms with Gasteiger partial charge >= 0.3 is 0 Å². The van der Waals surface area contributed by atoms with Crippen molar-refractivity contribution in [3.8, 4) is 0 Å². The minimum Gasteiger partial charge on any atom is -0.352 e. The van der Waals surface area contributed by atoms with Crippen LogP contribution in [0.1, 0.15) is 45.6 Å². The Kier molecular flexibility index (Phi) is 7.43. The number of likely N-dealkylation sites (tertiary alicyclic amines) is 1. The van der Waals surface area contributed by atoms with E-state index in [9.17, 15) is 23.6 Å². The Balaban J connectivity index is 1.73. The zero-order chi connectivity index (χ0) is 23.4. The summed E-state index contributed by atoms with van der Waals surface area (Å²) in [5, 5.41) is 2.77. The lowest BCUT2D eigenvalue weighted by atomic mass is 9.85. The largest absolute Gasteiger partial charge is 0.352 e. The average Bonchev–Trinajstić information content (AvgIpc) is 3.00. The standard InChI is InChI=1S/C24H30FN3O4/c1-15(2)26-22(30)16(3)28(14-17-8-4-7-11-20(17)25)21(29)12-13-27-23(31)18-9-5-6-10-19(18)24(27)32/h4-8,11,15-16,18-19H,9-10,12-14H2,1-3H3,(H,26,30)/t16-,18-,19+/m0/s1. The van der Waals surface area contributed by atoms with Gasteiger partial charge in [-0.1, -0.05) is 30.4 Å². The molecule has 172 valence electrons. The molecule has 1 aromatic carbocycles. The number of benzene rings is 1. The molecule has 0 bridgehead atoms. The first-order valence-corrected chi connectivity index (χ1v) is 11.0. The van der Waals surface area contributed by atoms with Gasteiger partial charge in [-0.15, -0.1) is 0 Å². The molecule has 0 radical (unpaired) electrons. The van der Waals surface area contributed by atoms with Crippen LogP contribution in [-0.2, 0) is 25.7 Å². The molecule has 1 N–H and O–H groups in total. The zero-order valence-corrected chi connectivity index (χ0v) is 18.7. The molecule has 0 spiro atoms. The van der Waals surface area contributed by atoms with Gasteiger partial charge < -0.3 is 10.2 Å². The number of carbonyl (C=O) groups excluding carboxylic acids is 4. The maximum Gasteiger partial charge on any atom is 0.242 e. The van der Waals surface area contributed by atoms with Crippen molar-refractivity contribution in [3.63, 3.8) is 0 Å². The smallest absolute Gasteiger partial charge is 0.242 e. The van der Waals surface area contributed by atoms with Gasteiger partial charge in [0.25, 0.3) is 0 Å². The lowest BCUT2D eigenvalue weighted by molar-refractivity contribution is -0.143. The number of fused-ring (bicyclic) bond motifs is 1. The van der Waals surface area contributed by atoms with Gasteiger partial charge in [-0.25, -0.2) is 4.39 Å². The molecule has 4 amide bonds. The van der Waals surface area contributed by atoms with Crippen molar-refractivity contribution in [2.24, 2.45) is 11.8 Å². The van der Waals surface area contributed by atoms with Gasteiger partial charge in [-0.2, -0.15) is 0 Å². The third kappa shape index (κ3) is 5.06. The van der Waals surface area contributed by atoms with Gasteiger partial charge in [0.05, 0.1) is 11.8 Å². The summed E-state index contributed by atoms with van der Waals surface area (Å²) < 4.78 is 14.3. The molecule has 2 aliphatic rings. The van der Waals surface area contributed by atoms with Crippen LogP contribution in [0.4, 0.5) is 4.39 Å². The molecule has 32 heavy (non-hydrogen) atoms. The Morgan fingerprint density at radius 1 is 1.09 bits per heavy atom. The minimum atomic E-state index is -0.846. The number of rotatable bonds is 8. The Morgan fingerprint density at radius 3 is 2.25 bits per heavy atom. The zero-order valence-electron chi connectivity index (χ0n) is 18.7. The van der Waals surface area contributed by atoms with Crippen LogP contribution in [0, 0.1) is 17.7 Å². The van der Waals surface area contributed by atoms with E-state index < -0.39 is 17.8 Å². The second-order valence-electron chi connectivity index (χ2n) is 8.69. The van der Waals surface area contributed by atoms with Crippen molar-refractivity contribution in [1.82, 2.24) is 15.1 Å². The van der Waals surface area contributed by atoms with Crippen molar-refractivity contribution >= 4 is 23.6 Å². The van der Waals surface area contributed by atoms with Crippen LogP contribution >= 0.6 is 0 Å². The third-order valence-electron chi connectivity index (χ3n) is 6.04. The lowest BCUT2D eigenvalue weighted by Crippen LogP contribution is -2.49. The Labute approximate surface area is 187 Å². The van der Waals surface area contributed by atoms with Crippen LogP contribution in [0.5, 0.6) is 0 Å². The highest BCUT2D eigenvalue weighted by Crippen LogP contribution is 2.35. The van der Waals surface area contributed by atoms with Crippen LogP contribution in [0.2, 0.25) is 0 Å². The molecule has 3 atom stereocenters. The number of amides is 4. The van der Waals surface area contributed by atoms with Crippen molar-refractivity contribution in [1.29, 1.82) is 0 Å². The minimum absolute atomic E-state index is 0.0458. The van der Waals surface area contributed by atoms with Crippen LogP contribution in [0.25, 0.3) is 0 Å². The number of carbonyl (C=O) groups is 4. The number of nitrogens with one attached hydrogen (secondary N) is 1. The summed E-state index contributed by atoms with van der Waals surface area (Å²) in [7, 11) is 0. The summed E-state index contributed by atoms with van der Waals surface area (Å²) in [6, 6.07) is 5.12. The highest BCUT2D eigenvalue weighted by Gasteiger charge is 2.47. The fraction of sp³-hybridized carbons (Fsp3) is 0.500. The summed E-state index contributed by atoms with van der Waals surface area (Å²) in [6.07, 6.45) is 4.76. The van der Waals surface area contributed by atoms with E-state index >= 15 is 0 Å². The number of allylic oxidation sites excluding steroid dienone is 2. The fourth-order valence-electron chi connectivity index (χ4n) is 4.24. The molecule has 1 heterocycles. The van der Waals surface area contributed by atoms with Crippen LogP contribution in [-0.4, -0.2) is 52.1 Å². The third-order valence-corrected chi connectivity index (χ3v) is 6.04. The number of hydrogen-bond donors (Lipinski definition) is 1. The van der Waals surface area contributed by atoms with Crippen LogP contribution in [0.15, 0.2) is 36.4 Å². The summed E-state index contributed by atoms with van der Waals surface area (Å²) in [6.45, 7) is 5.08. The first-order valence-electron chi connectivity index (χ1n) is 11.0. The summed E-state index contributed by atoms with van der Waals surface area (Å²) in [5.74, 6) is -2.45. The molecule has 1 aromatic rings. The van der Waals surface area contributed by atoms with Gasteiger partial charge in [-0.05, 0) is 39.7 Å². The summed E-state index contributed by atoms with van der Waals surface area (Å²) in [4.78, 5) is 53.5. The van der Waals surface area contributed by atoms with E-state index in [1.54, 1.807) is 25.1 Å². The second kappa shape index (κ2) is 10.1. The van der Waals surface area contributed by atoms with E-state index in [1.165, 1.54) is 15.9 Å². The first-order chi connectivity index (χ1) is 15.2. The Bertz CT molecular complexity index is 904. The molecule has 0 aromatic heterocycles. The predicted octanol–water partition coefficient (Wildman–Crippen LogP) is 2.41. The molecule has 1 aliphatic carbocycles. The topological polar surface area (TPSA) is 86.8 Å². The van der Waals surface area contributed by atoms with E-state index in [0.717, 1.165) is 0 Å². The maximum absolute atomic E-state index is 14.3. The van der Waals surface area contributed by atoms with Crippen LogP contribution in [0.3, 0.4) is 0 Å². The molecule has 1 aliphatic heterocycles. The predicted molar refractivity (Wildman–Crippen MR) is 116 cm³/mol. The summed E-state index contributed by atoms with van der Waals surface area (Å²) in [5.41, 5.74) is 0.287. The van der Waals surface area contributed by atoms with E-state index in [-0.39, 0.29) is 60.7 Å². The Hall–Kier alpha value is -3.03. The number of nitrogens with zero attached hydrogens (tertiary/aromatic N) is 2. The highest BCUT2D eigenvalue weighted by atomic mass is 19.1. The van der Waals surface area contributed by atoms with E-state index in [2.05, 4.69) is 5.32 Å². The van der Waals surface area contributed by atoms with Gasteiger partial charge in [0.15, 0.2) is 0 Å². The number of hydrogen-bond acceptors (Lipinski definition) is 4. The van der Waals surface area contributed by atoms with Crippen molar-refractivity contribution in [2.45, 2.75) is 58.7 Å². The number of imide groups is 1. The summed E-state index contributed by atoms with van der Waals surface area (Å²) >= 11 is 0. The van der Waals surface area contributed by atoms with Crippen molar-refractivity contribution in [3.05, 3.63) is 47.8 Å². The Morgan fingerprint density at radius 2 is 1.69 bits per heavy atom.